The molecule has 84 valence electrons. The molecule has 0 saturated carbocycles. The number of aromatic hydroxyl groups is 1. The highest BCUT2D eigenvalue weighted by Gasteiger charge is 2.07. The monoisotopic (exact) mass is 275 g/mol. The number of methoxy groups -OCH3 is 1. The minimum absolute atomic E-state index is 0.100. The number of hydrogen-bond acceptors (Lipinski definition) is 4. The third-order valence-electron chi connectivity index (χ3n) is 1.93. The van der Waals surface area contributed by atoms with Crippen LogP contribution in [-0.4, -0.2) is 30.5 Å². The lowest BCUT2D eigenvalue weighted by Gasteiger charge is -2.09. The number of halogens is 1. The molecule has 0 aromatic heterocycles. The Labute approximate surface area is 97.0 Å². The van der Waals surface area contributed by atoms with Gasteiger partial charge in [0.1, 0.15) is 0 Å². The van der Waals surface area contributed by atoms with Crippen molar-refractivity contribution in [2.75, 3.05) is 20.3 Å². The summed E-state index contributed by atoms with van der Waals surface area (Å²) in [5, 5.41) is 21.2. The molecule has 0 atom stereocenters. The van der Waals surface area contributed by atoms with Crippen molar-refractivity contribution < 1.29 is 14.9 Å². The van der Waals surface area contributed by atoms with Gasteiger partial charge in [-0.3, -0.25) is 0 Å². The number of aliphatic hydroxyl groups excluding tert-OH is 1. The summed E-state index contributed by atoms with van der Waals surface area (Å²) in [5.74, 6) is 0.536. The Bertz CT molecular complexity index is 331. The van der Waals surface area contributed by atoms with E-state index in [-0.39, 0.29) is 12.4 Å². The number of nitrogens with one attached hydrogen (secondary N) is 1. The minimum atomic E-state index is 0.100. The van der Waals surface area contributed by atoms with E-state index >= 15 is 0 Å². The molecule has 4 nitrogen and oxygen atoms in total. The van der Waals surface area contributed by atoms with Gasteiger partial charge in [-0.25, -0.2) is 0 Å². The maximum Gasteiger partial charge on any atom is 0.172 e. The molecule has 0 saturated heterocycles. The number of benzene rings is 1. The van der Waals surface area contributed by atoms with Gasteiger partial charge < -0.3 is 20.3 Å². The molecular formula is C10H14BrNO3. The smallest absolute Gasteiger partial charge is 0.172 e. The average Bonchev–Trinajstić information content (AvgIpc) is 2.23. The molecule has 0 aliphatic heterocycles. The maximum atomic E-state index is 9.56. The summed E-state index contributed by atoms with van der Waals surface area (Å²) >= 11 is 3.24. The second-order valence-corrected chi connectivity index (χ2v) is 3.88. The van der Waals surface area contributed by atoms with Crippen LogP contribution in [0, 0.1) is 0 Å². The normalized spacial score (nSPS) is 10.3. The Morgan fingerprint density at radius 3 is 2.80 bits per heavy atom. The second kappa shape index (κ2) is 5.95. The molecule has 15 heavy (non-hydrogen) atoms. The van der Waals surface area contributed by atoms with Gasteiger partial charge in [-0.05, 0) is 33.6 Å². The lowest BCUT2D eigenvalue weighted by Crippen LogP contribution is -2.17. The van der Waals surface area contributed by atoms with E-state index in [4.69, 9.17) is 9.84 Å². The highest BCUT2D eigenvalue weighted by molar-refractivity contribution is 9.10. The van der Waals surface area contributed by atoms with Crippen molar-refractivity contribution in [1.29, 1.82) is 0 Å². The molecule has 1 aromatic carbocycles. The van der Waals surface area contributed by atoms with Crippen LogP contribution < -0.4 is 10.1 Å². The summed E-state index contributed by atoms with van der Waals surface area (Å²) in [5.41, 5.74) is 0.977. The van der Waals surface area contributed by atoms with Crippen LogP contribution in [0.2, 0.25) is 0 Å². The average molecular weight is 276 g/mol. The van der Waals surface area contributed by atoms with Crippen molar-refractivity contribution in [2.24, 2.45) is 0 Å². The number of ether oxygens (including phenoxy) is 1. The summed E-state index contributed by atoms with van der Waals surface area (Å²) in [4.78, 5) is 0. The third kappa shape index (κ3) is 3.37. The highest BCUT2D eigenvalue weighted by Crippen LogP contribution is 2.35. The van der Waals surface area contributed by atoms with Crippen molar-refractivity contribution in [3.05, 3.63) is 22.2 Å². The number of phenols is 1. The number of hydrogen-bond donors (Lipinski definition) is 3. The van der Waals surface area contributed by atoms with E-state index in [0.717, 1.165) is 5.56 Å². The van der Waals surface area contributed by atoms with Crippen LogP contribution in [0.15, 0.2) is 16.6 Å². The standard InChI is InChI=1S/C10H14BrNO3/c1-15-9-5-7(6-12-2-3-13)4-8(11)10(9)14/h4-5,12-14H,2-3,6H2,1H3. The summed E-state index contributed by atoms with van der Waals surface area (Å²) in [6.45, 7) is 1.27. The van der Waals surface area contributed by atoms with Crippen LogP contribution in [0.4, 0.5) is 0 Å². The van der Waals surface area contributed by atoms with Gasteiger partial charge in [0.15, 0.2) is 11.5 Å². The molecule has 0 spiro atoms. The van der Waals surface area contributed by atoms with E-state index in [1.165, 1.54) is 7.11 Å². The predicted molar refractivity (Wildman–Crippen MR) is 61.2 cm³/mol. The van der Waals surface area contributed by atoms with Crippen LogP contribution in [0.1, 0.15) is 5.56 Å². The zero-order valence-corrected chi connectivity index (χ0v) is 10.0. The van der Waals surface area contributed by atoms with Gasteiger partial charge in [-0.15, -0.1) is 0 Å². The van der Waals surface area contributed by atoms with Crippen molar-refractivity contribution in [3.8, 4) is 11.5 Å². The fraction of sp³-hybridized carbons (Fsp3) is 0.400. The van der Waals surface area contributed by atoms with Crippen LogP contribution in [-0.2, 0) is 6.54 Å². The van der Waals surface area contributed by atoms with Crippen molar-refractivity contribution >= 4 is 15.9 Å². The molecule has 3 N–H and O–H groups in total. The zero-order chi connectivity index (χ0) is 11.3. The SMILES string of the molecule is COc1cc(CNCCO)cc(Br)c1O. The molecule has 5 heteroatoms. The van der Waals surface area contributed by atoms with Gasteiger partial charge in [0.25, 0.3) is 0 Å². The first kappa shape index (κ1) is 12.3. The second-order valence-electron chi connectivity index (χ2n) is 3.03. The fourth-order valence-electron chi connectivity index (χ4n) is 1.20. The van der Waals surface area contributed by atoms with Gasteiger partial charge in [0, 0.05) is 13.1 Å². The molecule has 0 unspecified atom stereocenters. The van der Waals surface area contributed by atoms with Gasteiger partial charge in [-0.2, -0.15) is 0 Å². The van der Waals surface area contributed by atoms with Gasteiger partial charge >= 0.3 is 0 Å². The van der Waals surface area contributed by atoms with Crippen LogP contribution in [0.5, 0.6) is 11.5 Å². The van der Waals surface area contributed by atoms with Gasteiger partial charge in [0.05, 0.1) is 18.2 Å². The van der Waals surface area contributed by atoms with Gasteiger partial charge in [0.2, 0.25) is 0 Å². The zero-order valence-electron chi connectivity index (χ0n) is 8.46. The molecule has 0 aliphatic carbocycles. The molecule has 0 bridgehead atoms. The summed E-state index contributed by atoms with van der Waals surface area (Å²) < 4.78 is 5.62. The first-order chi connectivity index (χ1) is 7.19. The maximum absolute atomic E-state index is 9.56. The summed E-state index contributed by atoms with van der Waals surface area (Å²) in [6, 6.07) is 3.56. The lowest BCUT2D eigenvalue weighted by molar-refractivity contribution is 0.292. The Balaban J connectivity index is 2.77. The highest BCUT2D eigenvalue weighted by atomic mass is 79.9. The third-order valence-corrected chi connectivity index (χ3v) is 2.53. The summed E-state index contributed by atoms with van der Waals surface area (Å²) in [6.07, 6.45) is 0. The molecule has 0 fully saturated rings. The number of phenolic OH excluding ortho intramolecular Hbond substituents is 1. The van der Waals surface area contributed by atoms with Crippen molar-refractivity contribution in [1.82, 2.24) is 5.32 Å². The predicted octanol–water partition coefficient (Wildman–Crippen LogP) is 1.25. The molecule has 0 heterocycles. The largest absolute Gasteiger partial charge is 0.503 e. The van der Waals surface area contributed by atoms with Crippen LogP contribution in [0.3, 0.4) is 0 Å². The summed E-state index contributed by atoms with van der Waals surface area (Å²) in [7, 11) is 1.51. The van der Waals surface area contributed by atoms with E-state index in [0.29, 0.717) is 23.3 Å². The Kier molecular flexibility index (Phi) is 4.87. The molecule has 1 aromatic rings. The topological polar surface area (TPSA) is 61.7 Å². The molecule has 1 rings (SSSR count). The van der Waals surface area contributed by atoms with E-state index in [1.807, 2.05) is 6.07 Å². The van der Waals surface area contributed by atoms with Crippen molar-refractivity contribution in [3.63, 3.8) is 0 Å². The van der Waals surface area contributed by atoms with E-state index < -0.39 is 0 Å². The van der Waals surface area contributed by atoms with Gasteiger partial charge in [-0.1, -0.05) is 0 Å². The number of rotatable bonds is 5. The lowest BCUT2D eigenvalue weighted by atomic mass is 10.2. The first-order valence-corrected chi connectivity index (χ1v) is 5.35. The van der Waals surface area contributed by atoms with Crippen LogP contribution in [0.25, 0.3) is 0 Å². The molecule has 0 amide bonds. The molecule has 0 radical (unpaired) electrons. The quantitative estimate of drug-likeness (QED) is 0.708. The Morgan fingerprint density at radius 1 is 1.47 bits per heavy atom. The fourth-order valence-corrected chi connectivity index (χ4v) is 1.69. The van der Waals surface area contributed by atoms with Crippen molar-refractivity contribution in [2.45, 2.75) is 6.54 Å². The first-order valence-electron chi connectivity index (χ1n) is 4.56. The minimum Gasteiger partial charge on any atom is -0.503 e. The van der Waals surface area contributed by atoms with E-state index in [2.05, 4.69) is 21.2 Å². The van der Waals surface area contributed by atoms with E-state index in [1.54, 1.807) is 6.07 Å². The Morgan fingerprint density at radius 2 is 2.20 bits per heavy atom. The molecule has 0 aliphatic rings. The van der Waals surface area contributed by atoms with Crippen LogP contribution >= 0.6 is 15.9 Å². The molecular weight excluding hydrogens is 262 g/mol. The Hall–Kier alpha value is -0.780. The van der Waals surface area contributed by atoms with E-state index in [9.17, 15) is 5.11 Å². The number of aliphatic hydroxyl groups is 1.